The van der Waals surface area contributed by atoms with Gasteiger partial charge in [0.15, 0.2) is 0 Å². The van der Waals surface area contributed by atoms with Gasteiger partial charge >= 0.3 is 5.97 Å². The van der Waals surface area contributed by atoms with E-state index >= 15 is 0 Å². The van der Waals surface area contributed by atoms with Gasteiger partial charge < -0.3 is 5.11 Å². The molecule has 1 N–H and O–H groups in total. The lowest BCUT2D eigenvalue weighted by molar-refractivity contribution is -0.143. The van der Waals surface area contributed by atoms with Crippen LogP contribution in [0.3, 0.4) is 0 Å². The lowest BCUT2D eigenvalue weighted by Gasteiger charge is -2.36. The van der Waals surface area contributed by atoms with Crippen LogP contribution in [0.4, 0.5) is 5.69 Å². The van der Waals surface area contributed by atoms with Crippen molar-refractivity contribution in [2.24, 2.45) is 5.92 Å². The Kier molecular flexibility index (Phi) is 3.24. The van der Waals surface area contributed by atoms with E-state index in [2.05, 4.69) is 0 Å². The molecule has 0 atom stereocenters. The highest BCUT2D eigenvalue weighted by Crippen LogP contribution is 2.50. The summed E-state index contributed by atoms with van der Waals surface area (Å²) in [7, 11) is -3.30. The van der Waals surface area contributed by atoms with Crippen LogP contribution in [0.1, 0.15) is 31.2 Å². The summed E-state index contributed by atoms with van der Waals surface area (Å²) in [6.07, 6.45) is 3.91. The molecule has 0 aromatic heterocycles. The van der Waals surface area contributed by atoms with Crippen molar-refractivity contribution >= 4 is 21.7 Å². The molecule has 1 saturated carbocycles. The molecule has 1 aliphatic carbocycles. The fourth-order valence-electron chi connectivity index (χ4n) is 3.73. The molecule has 0 saturated heterocycles. The number of benzene rings is 1. The number of anilines is 1. The van der Waals surface area contributed by atoms with E-state index in [9.17, 15) is 13.2 Å². The molecule has 0 bridgehead atoms. The largest absolute Gasteiger partial charge is 0.481 e. The molecule has 1 spiro atoms. The molecule has 6 heteroatoms. The van der Waals surface area contributed by atoms with Gasteiger partial charge in [0.05, 0.1) is 17.9 Å². The average molecular weight is 309 g/mol. The Balaban J connectivity index is 1.98. The molecule has 114 valence electrons. The maximum Gasteiger partial charge on any atom is 0.306 e. The minimum Gasteiger partial charge on any atom is -0.481 e. The molecule has 1 aromatic rings. The molecular weight excluding hydrogens is 290 g/mol. The van der Waals surface area contributed by atoms with E-state index in [0.717, 1.165) is 24.1 Å². The van der Waals surface area contributed by atoms with Crippen molar-refractivity contribution < 1.29 is 18.3 Å². The number of carbonyl (C=O) groups is 1. The van der Waals surface area contributed by atoms with Crippen LogP contribution in [0.5, 0.6) is 0 Å². The number of nitrogens with zero attached hydrogens (tertiary/aromatic N) is 1. The van der Waals surface area contributed by atoms with Crippen LogP contribution in [0.2, 0.25) is 0 Å². The second kappa shape index (κ2) is 4.73. The molecule has 0 amide bonds. The van der Waals surface area contributed by atoms with Crippen LogP contribution in [0.15, 0.2) is 24.3 Å². The van der Waals surface area contributed by atoms with Crippen LogP contribution in [0.25, 0.3) is 0 Å². The third-order valence-electron chi connectivity index (χ3n) is 4.88. The predicted molar refractivity (Wildman–Crippen MR) is 79.9 cm³/mol. The first-order valence-electron chi connectivity index (χ1n) is 7.13. The normalized spacial score (nSPS) is 28.6. The van der Waals surface area contributed by atoms with Crippen molar-refractivity contribution in [3.05, 3.63) is 29.8 Å². The summed E-state index contributed by atoms with van der Waals surface area (Å²) >= 11 is 0. The van der Waals surface area contributed by atoms with Gasteiger partial charge in [-0.05, 0) is 37.3 Å². The van der Waals surface area contributed by atoms with E-state index in [-0.39, 0.29) is 11.3 Å². The second-order valence-corrected chi connectivity index (χ2v) is 8.09. The highest BCUT2D eigenvalue weighted by molar-refractivity contribution is 7.92. The lowest BCUT2D eigenvalue weighted by atomic mass is 9.68. The summed E-state index contributed by atoms with van der Waals surface area (Å²) in [5, 5.41) is 9.14. The van der Waals surface area contributed by atoms with Gasteiger partial charge in [0.2, 0.25) is 10.0 Å². The molecule has 0 radical (unpaired) electrons. The van der Waals surface area contributed by atoms with Crippen LogP contribution in [-0.2, 0) is 20.2 Å². The average Bonchev–Trinajstić information content (AvgIpc) is 2.75. The summed E-state index contributed by atoms with van der Waals surface area (Å²) in [4.78, 5) is 11.1. The van der Waals surface area contributed by atoms with E-state index < -0.39 is 16.0 Å². The third-order valence-corrected chi connectivity index (χ3v) is 6.01. The molecule has 0 unspecified atom stereocenters. The van der Waals surface area contributed by atoms with Crippen LogP contribution >= 0.6 is 0 Å². The zero-order valence-electron chi connectivity index (χ0n) is 11.9. The molecule has 1 aromatic carbocycles. The van der Waals surface area contributed by atoms with Crippen molar-refractivity contribution in [1.82, 2.24) is 0 Å². The van der Waals surface area contributed by atoms with E-state index in [1.54, 1.807) is 0 Å². The Morgan fingerprint density at radius 3 is 2.48 bits per heavy atom. The monoisotopic (exact) mass is 309 g/mol. The fourth-order valence-corrected chi connectivity index (χ4v) is 4.72. The third kappa shape index (κ3) is 2.31. The zero-order chi connectivity index (χ0) is 15.3. The first-order chi connectivity index (χ1) is 9.83. The van der Waals surface area contributed by atoms with Crippen LogP contribution < -0.4 is 4.31 Å². The number of carboxylic acid groups (broad SMARTS) is 1. The summed E-state index contributed by atoms with van der Waals surface area (Å²) in [5.74, 6) is -1.04. The quantitative estimate of drug-likeness (QED) is 0.906. The SMILES string of the molecule is CS(=O)(=O)N1CC2(CCC(C(=O)O)CC2)c2ccccc21. The highest BCUT2D eigenvalue weighted by Gasteiger charge is 2.47. The van der Waals surface area contributed by atoms with Crippen molar-refractivity contribution in [2.75, 3.05) is 17.1 Å². The zero-order valence-corrected chi connectivity index (χ0v) is 12.8. The maximum atomic E-state index is 12.0. The molecule has 21 heavy (non-hydrogen) atoms. The van der Waals surface area contributed by atoms with Crippen molar-refractivity contribution in [1.29, 1.82) is 0 Å². The molecule has 3 rings (SSSR count). The Morgan fingerprint density at radius 2 is 1.90 bits per heavy atom. The number of rotatable bonds is 2. The summed E-state index contributed by atoms with van der Waals surface area (Å²) in [5.41, 5.74) is 1.60. The van der Waals surface area contributed by atoms with Gasteiger partial charge in [0, 0.05) is 12.0 Å². The molecule has 5 nitrogen and oxygen atoms in total. The molecule has 1 heterocycles. The van der Waals surface area contributed by atoms with Gasteiger partial charge in [-0.15, -0.1) is 0 Å². The first kappa shape index (κ1) is 14.4. The van der Waals surface area contributed by atoms with Crippen LogP contribution in [-0.4, -0.2) is 32.3 Å². The van der Waals surface area contributed by atoms with Crippen molar-refractivity contribution in [3.63, 3.8) is 0 Å². The van der Waals surface area contributed by atoms with Gasteiger partial charge in [0.1, 0.15) is 0 Å². The first-order valence-corrected chi connectivity index (χ1v) is 8.98. The maximum absolute atomic E-state index is 12.0. The topological polar surface area (TPSA) is 74.7 Å². The summed E-state index contributed by atoms with van der Waals surface area (Å²) < 4.78 is 25.5. The molecule has 1 fully saturated rings. The summed E-state index contributed by atoms with van der Waals surface area (Å²) in [6.45, 7) is 0.442. The number of hydrogen-bond acceptors (Lipinski definition) is 3. The second-order valence-electron chi connectivity index (χ2n) is 6.18. The van der Waals surface area contributed by atoms with E-state index in [4.69, 9.17) is 5.11 Å². The Labute approximate surface area is 124 Å². The Bertz CT molecular complexity index is 675. The van der Waals surface area contributed by atoms with Crippen molar-refractivity contribution in [2.45, 2.75) is 31.1 Å². The molecular formula is C15H19NO4S. The van der Waals surface area contributed by atoms with Crippen LogP contribution in [0, 0.1) is 5.92 Å². The van der Waals surface area contributed by atoms with E-state index in [0.29, 0.717) is 19.4 Å². The predicted octanol–water partition coefficient (Wildman–Crippen LogP) is 1.98. The summed E-state index contributed by atoms with van der Waals surface area (Å²) in [6, 6.07) is 7.60. The Hall–Kier alpha value is -1.56. The smallest absolute Gasteiger partial charge is 0.306 e. The lowest BCUT2D eigenvalue weighted by Crippen LogP contribution is -2.40. The van der Waals surface area contributed by atoms with Crippen molar-refractivity contribution in [3.8, 4) is 0 Å². The minimum absolute atomic E-state index is 0.217. The highest BCUT2D eigenvalue weighted by atomic mass is 32.2. The Morgan fingerprint density at radius 1 is 1.29 bits per heavy atom. The number of fused-ring (bicyclic) bond motifs is 2. The minimum atomic E-state index is -3.30. The number of hydrogen-bond donors (Lipinski definition) is 1. The number of para-hydroxylation sites is 1. The van der Waals surface area contributed by atoms with E-state index in [1.807, 2.05) is 24.3 Å². The molecule has 2 aliphatic rings. The van der Waals surface area contributed by atoms with Gasteiger partial charge in [-0.2, -0.15) is 0 Å². The fraction of sp³-hybridized carbons (Fsp3) is 0.533. The number of aliphatic carboxylic acids is 1. The van der Waals surface area contributed by atoms with E-state index in [1.165, 1.54) is 10.6 Å². The van der Waals surface area contributed by atoms with Gasteiger partial charge in [-0.25, -0.2) is 8.42 Å². The standard InChI is InChI=1S/C15H19NO4S/c1-21(19,20)16-10-15(12-4-2-3-5-13(12)16)8-6-11(7-9-15)14(17)18/h2-5,11H,6-10H2,1H3,(H,17,18). The number of sulfonamides is 1. The van der Waals surface area contributed by atoms with Gasteiger partial charge in [-0.3, -0.25) is 9.10 Å². The van der Waals surface area contributed by atoms with Gasteiger partial charge in [-0.1, -0.05) is 18.2 Å². The molecule has 1 aliphatic heterocycles. The van der Waals surface area contributed by atoms with Gasteiger partial charge in [0.25, 0.3) is 0 Å². The number of carboxylic acids is 1.